The van der Waals surface area contributed by atoms with Gasteiger partial charge in [0, 0.05) is 18.6 Å². The molecule has 9 heteroatoms. The van der Waals surface area contributed by atoms with Crippen LogP contribution in [-0.4, -0.2) is 38.3 Å². The van der Waals surface area contributed by atoms with Gasteiger partial charge in [-0.15, -0.1) is 0 Å². The van der Waals surface area contributed by atoms with Gasteiger partial charge in [0.25, 0.3) is 0 Å². The highest BCUT2D eigenvalue weighted by Gasteiger charge is 2.17. The van der Waals surface area contributed by atoms with Crippen molar-refractivity contribution >= 4 is 42.4 Å². The molecule has 0 saturated heterocycles. The van der Waals surface area contributed by atoms with Crippen LogP contribution >= 0.6 is 11.3 Å². The molecular formula is C20H20N2O5S2. The number of hydrogen-bond acceptors (Lipinski definition) is 7. The van der Waals surface area contributed by atoms with E-state index in [0.29, 0.717) is 29.8 Å². The van der Waals surface area contributed by atoms with E-state index in [1.807, 2.05) is 24.3 Å². The molecule has 2 aromatic carbocycles. The summed E-state index contributed by atoms with van der Waals surface area (Å²) < 4.78 is 36.4. The Balaban J connectivity index is 1.31. The van der Waals surface area contributed by atoms with Gasteiger partial charge in [0.15, 0.2) is 26.5 Å². The van der Waals surface area contributed by atoms with Crippen LogP contribution in [0.3, 0.4) is 0 Å². The second-order valence-corrected chi connectivity index (χ2v) is 9.93. The molecule has 4 rings (SSSR count). The number of nitrogens with one attached hydrogen (secondary N) is 1. The third kappa shape index (κ3) is 5.04. The zero-order valence-electron chi connectivity index (χ0n) is 15.6. The lowest BCUT2D eigenvalue weighted by Gasteiger charge is -2.17. The van der Waals surface area contributed by atoms with Crippen LogP contribution in [0, 0.1) is 0 Å². The minimum Gasteiger partial charge on any atom is -0.486 e. The molecule has 1 aliphatic heterocycles. The van der Waals surface area contributed by atoms with Crippen molar-refractivity contribution in [3.8, 4) is 11.5 Å². The standard InChI is InChI=1S/C20H20N2O5S2/c23-19(7-4-10-29(24,25)13-14-5-2-1-3-6-14)22-20-21-15-11-16-17(12-18(15)28-20)27-9-8-26-16/h1-3,5-6,11-12H,4,7-10,13H2,(H,21,22,23). The molecule has 152 valence electrons. The lowest BCUT2D eigenvalue weighted by atomic mass is 10.2. The van der Waals surface area contributed by atoms with Crippen molar-refractivity contribution in [1.29, 1.82) is 0 Å². The summed E-state index contributed by atoms with van der Waals surface area (Å²) in [6, 6.07) is 12.7. The van der Waals surface area contributed by atoms with E-state index in [9.17, 15) is 13.2 Å². The number of carbonyl (C=O) groups is 1. The summed E-state index contributed by atoms with van der Waals surface area (Å²) in [5, 5.41) is 3.22. The molecule has 2 heterocycles. The number of ether oxygens (including phenoxy) is 2. The van der Waals surface area contributed by atoms with Crippen molar-refractivity contribution in [3.63, 3.8) is 0 Å². The van der Waals surface area contributed by atoms with Gasteiger partial charge in [0.05, 0.1) is 21.7 Å². The van der Waals surface area contributed by atoms with Crippen molar-refractivity contribution in [1.82, 2.24) is 4.98 Å². The van der Waals surface area contributed by atoms with Crippen LogP contribution in [0.15, 0.2) is 42.5 Å². The van der Waals surface area contributed by atoms with Crippen LogP contribution in [0.4, 0.5) is 5.13 Å². The highest BCUT2D eigenvalue weighted by molar-refractivity contribution is 7.90. The number of sulfone groups is 1. The lowest BCUT2D eigenvalue weighted by molar-refractivity contribution is -0.116. The number of nitrogens with zero attached hydrogens (tertiary/aromatic N) is 1. The first-order valence-electron chi connectivity index (χ1n) is 9.23. The summed E-state index contributed by atoms with van der Waals surface area (Å²) in [4.78, 5) is 16.6. The second-order valence-electron chi connectivity index (χ2n) is 6.71. The van der Waals surface area contributed by atoms with Crippen LogP contribution in [-0.2, 0) is 20.4 Å². The molecule has 1 amide bonds. The maximum Gasteiger partial charge on any atom is 0.226 e. The number of rotatable bonds is 7. The van der Waals surface area contributed by atoms with Crippen LogP contribution < -0.4 is 14.8 Å². The van der Waals surface area contributed by atoms with Gasteiger partial charge in [0.1, 0.15) is 13.2 Å². The summed E-state index contributed by atoms with van der Waals surface area (Å²) in [6.07, 6.45) is 0.383. The largest absolute Gasteiger partial charge is 0.486 e. The number of thiazole rings is 1. The molecule has 1 aliphatic rings. The van der Waals surface area contributed by atoms with Gasteiger partial charge in [-0.2, -0.15) is 0 Å². The average molecular weight is 433 g/mol. The Morgan fingerprint density at radius 3 is 2.59 bits per heavy atom. The Morgan fingerprint density at radius 1 is 1.10 bits per heavy atom. The van der Waals surface area contributed by atoms with Crippen LogP contribution in [0.1, 0.15) is 18.4 Å². The molecular weight excluding hydrogens is 412 g/mol. The first kappa shape index (κ1) is 19.7. The fourth-order valence-corrected chi connectivity index (χ4v) is 5.37. The van der Waals surface area contributed by atoms with Gasteiger partial charge in [-0.25, -0.2) is 13.4 Å². The summed E-state index contributed by atoms with van der Waals surface area (Å²) in [6.45, 7) is 1.01. The van der Waals surface area contributed by atoms with Crippen LogP contribution in [0.2, 0.25) is 0 Å². The Kier molecular flexibility index (Phi) is 5.68. The SMILES string of the molecule is O=C(CCCS(=O)(=O)Cc1ccccc1)Nc1nc2cc3c(cc2s1)OCCO3. The van der Waals surface area contributed by atoms with Gasteiger partial charge >= 0.3 is 0 Å². The third-order valence-corrected chi connectivity index (χ3v) is 7.00. The zero-order chi connectivity index (χ0) is 20.3. The van der Waals surface area contributed by atoms with E-state index in [1.54, 1.807) is 18.2 Å². The van der Waals surface area contributed by atoms with Crippen LogP contribution in [0.25, 0.3) is 10.2 Å². The normalized spacial score (nSPS) is 13.4. The topological polar surface area (TPSA) is 94.6 Å². The third-order valence-electron chi connectivity index (χ3n) is 4.39. The second kappa shape index (κ2) is 8.38. The summed E-state index contributed by atoms with van der Waals surface area (Å²) in [7, 11) is -3.25. The van der Waals surface area contributed by atoms with Crippen molar-refractivity contribution in [2.24, 2.45) is 0 Å². The number of anilines is 1. The van der Waals surface area contributed by atoms with E-state index in [0.717, 1.165) is 15.8 Å². The highest BCUT2D eigenvalue weighted by Crippen LogP contribution is 2.37. The monoisotopic (exact) mass is 432 g/mol. The number of hydrogen-bond donors (Lipinski definition) is 1. The molecule has 0 spiro atoms. The summed E-state index contributed by atoms with van der Waals surface area (Å²) in [5.41, 5.74) is 1.47. The smallest absolute Gasteiger partial charge is 0.226 e. The first-order valence-corrected chi connectivity index (χ1v) is 11.9. The highest BCUT2D eigenvalue weighted by atomic mass is 32.2. The zero-order valence-corrected chi connectivity index (χ0v) is 17.2. The van der Waals surface area contributed by atoms with Crippen molar-refractivity contribution in [3.05, 3.63) is 48.0 Å². The van der Waals surface area contributed by atoms with Crippen molar-refractivity contribution < 1.29 is 22.7 Å². The average Bonchev–Trinajstić information content (AvgIpc) is 3.07. The molecule has 0 bridgehead atoms. The minimum atomic E-state index is -3.25. The van der Waals surface area contributed by atoms with E-state index in [-0.39, 0.29) is 30.3 Å². The van der Waals surface area contributed by atoms with Crippen LogP contribution in [0.5, 0.6) is 11.5 Å². The number of amides is 1. The fourth-order valence-electron chi connectivity index (χ4n) is 3.05. The minimum absolute atomic E-state index is 0.0118. The molecule has 0 radical (unpaired) electrons. The Hall–Kier alpha value is -2.65. The molecule has 3 aromatic rings. The van der Waals surface area contributed by atoms with Crippen molar-refractivity contribution in [2.75, 3.05) is 24.3 Å². The molecule has 7 nitrogen and oxygen atoms in total. The Morgan fingerprint density at radius 2 is 1.83 bits per heavy atom. The Bertz CT molecular complexity index is 1080. The van der Waals surface area contributed by atoms with Gasteiger partial charge in [0.2, 0.25) is 5.91 Å². The molecule has 0 unspecified atom stereocenters. The molecule has 29 heavy (non-hydrogen) atoms. The number of carbonyl (C=O) groups excluding carboxylic acids is 1. The predicted octanol–water partition coefficient (Wildman–Crippen LogP) is 3.40. The first-order chi connectivity index (χ1) is 14.0. The maximum absolute atomic E-state index is 12.2. The van der Waals surface area contributed by atoms with E-state index in [4.69, 9.17) is 9.47 Å². The van der Waals surface area contributed by atoms with E-state index in [1.165, 1.54) is 11.3 Å². The quantitative estimate of drug-likeness (QED) is 0.615. The maximum atomic E-state index is 12.2. The molecule has 1 N–H and O–H groups in total. The molecule has 0 aliphatic carbocycles. The summed E-state index contributed by atoms with van der Waals surface area (Å²) in [5.74, 6) is 1.03. The Labute approximate surface area is 172 Å². The van der Waals surface area contributed by atoms with E-state index >= 15 is 0 Å². The number of benzene rings is 2. The van der Waals surface area contributed by atoms with E-state index < -0.39 is 9.84 Å². The van der Waals surface area contributed by atoms with Gasteiger partial charge in [-0.1, -0.05) is 41.7 Å². The number of aromatic nitrogens is 1. The molecule has 0 saturated carbocycles. The predicted molar refractivity (Wildman–Crippen MR) is 112 cm³/mol. The van der Waals surface area contributed by atoms with Gasteiger partial charge in [-0.05, 0) is 12.0 Å². The van der Waals surface area contributed by atoms with Gasteiger partial charge in [-0.3, -0.25) is 4.79 Å². The fraction of sp³-hybridized carbons (Fsp3) is 0.300. The molecule has 0 atom stereocenters. The molecule has 0 fully saturated rings. The van der Waals surface area contributed by atoms with Crippen molar-refractivity contribution in [2.45, 2.75) is 18.6 Å². The molecule has 1 aromatic heterocycles. The number of fused-ring (bicyclic) bond motifs is 2. The lowest BCUT2D eigenvalue weighted by Crippen LogP contribution is -2.15. The summed E-state index contributed by atoms with van der Waals surface area (Å²) >= 11 is 1.34. The van der Waals surface area contributed by atoms with Gasteiger partial charge < -0.3 is 14.8 Å². The van der Waals surface area contributed by atoms with E-state index in [2.05, 4.69) is 10.3 Å².